The van der Waals surface area contributed by atoms with Gasteiger partial charge in [-0.2, -0.15) is 11.8 Å². The van der Waals surface area contributed by atoms with Crippen LogP contribution in [0.1, 0.15) is 33.1 Å². The summed E-state index contributed by atoms with van der Waals surface area (Å²) < 4.78 is 0. The van der Waals surface area contributed by atoms with E-state index in [9.17, 15) is 4.79 Å². The molecule has 2 atom stereocenters. The van der Waals surface area contributed by atoms with Crippen molar-refractivity contribution in [3.05, 3.63) is 0 Å². The van der Waals surface area contributed by atoms with Gasteiger partial charge in [0.25, 0.3) is 0 Å². The minimum atomic E-state index is 0.0456. The Bertz CT molecular complexity index is 211. The smallest absolute Gasteiger partial charge is 0.224 e. The fourth-order valence-corrected chi connectivity index (χ4v) is 2.93. The maximum absolute atomic E-state index is 11.9. The zero-order valence-corrected chi connectivity index (χ0v) is 10.6. The van der Waals surface area contributed by atoms with Crippen LogP contribution in [0.4, 0.5) is 0 Å². The molecule has 0 aromatic rings. The van der Waals surface area contributed by atoms with Crippen LogP contribution in [0.2, 0.25) is 0 Å². The van der Waals surface area contributed by atoms with Gasteiger partial charge in [0.15, 0.2) is 0 Å². The van der Waals surface area contributed by atoms with Crippen LogP contribution in [0.15, 0.2) is 0 Å². The first kappa shape index (κ1) is 12.8. The second-order valence-electron chi connectivity index (χ2n) is 4.26. The molecule has 88 valence electrons. The number of nitrogens with zero attached hydrogens (tertiary/aromatic N) is 1. The average molecular weight is 230 g/mol. The Morgan fingerprint density at radius 1 is 1.67 bits per heavy atom. The molecule has 0 aliphatic carbocycles. The normalized spacial score (nSPS) is 23.9. The van der Waals surface area contributed by atoms with Gasteiger partial charge >= 0.3 is 0 Å². The van der Waals surface area contributed by atoms with Crippen molar-refractivity contribution in [1.82, 2.24) is 4.90 Å². The van der Waals surface area contributed by atoms with Crippen LogP contribution >= 0.6 is 11.8 Å². The average Bonchev–Trinajstić information content (AvgIpc) is 2.18. The maximum atomic E-state index is 11.9. The summed E-state index contributed by atoms with van der Waals surface area (Å²) in [6.07, 6.45) is 2.52. The predicted molar refractivity (Wildman–Crippen MR) is 66.0 cm³/mol. The molecule has 0 spiro atoms. The molecule has 1 rings (SSSR count). The highest BCUT2D eigenvalue weighted by Gasteiger charge is 2.24. The highest BCUT2D eigenvalue weighted by molar-refractivity contribution is 7.99. The lowest BCUT2D eigenvalue weighted by Crippen LogP contribution is -2.46. The van der Waals surface area contributed by atoms with Gasteiger partial charge in [-0.25, -0.2) is 0 Å². The Morgan fingerprint density at radius 3 is 3.00 bits per heavy atom. The van der Waals surface area contributed by atoms with E-state index in [1.54, 1.807) is 0 Å². The van der Waals surface area contributed by atoms with Gasteiger partial charge in [0.2, 0.25) is 5.91 Å². The summed E-state index contributed by atoms with van der Waals surface area (Å²) in [6.45, 7) is 5.11. The number of carbonyl (C=O) groups is 1. The van der Waals surface area contributed by atoms with E-state index in [0.717, 1.165) is 30.9 Å². The molecule has 0 aromatic heterocycles. The topological polar surface area (TPSA) is 46.3 Å². The molecule has 2 unspecified atom stereocenters. The molecule has 0 bridgehead atoms. The first-order chi connectivity index (χ1) is 7.15. The summed E-state index contributed by atoms with van der Waals surface area (Å²) in [4.78, 5) is 13.9. The number of hydrogen-bond donors (Lipinski definition) is 1. The molecule has 1 aliphatic heterocycles. The predicted octanol–water partition coefficient (Wildman–Crippen LogP) is 1.47. The Kier molecular flexibility index (Phi) is 5.47. The number of rotatable bonds is 4. The van der Waals surface area contributed by atoms with E-state index in [0.29, 0.717) is 12.5 Å². The van der Waals surface area contributed by atoms with E-state index >= 15 is 0 Å². The van der Waals surface area contributed by atoms with Crippen molar-refractivity contribution in [3.8, 4) is 0 Å². The van der Waals surface area contributed by atoms with Gasteiger partial charge in [0, 0.05) is 36.6 Å². The monoisotopic (exact) mass is 230 g/mol. The van der Waals surface area contributed by atoms with E-state index < -0.39 is 0 Å². The summed E-state index contributed by atoms with van der Waals surface area (Å²) in [5.41, 5.74) is 5.88. The standard InChI is InChI=1S/C11H22N2OS/c1-3-4-10(12)7-11(14)13-5-6-15-8-9(13)2/h9-10H,3-8,12H2,1-2H3. The van der Waals surface area contributed by atoms with Gasteiger partial charge in [0.1, 0.15) is 0 Å². The number of carbonyl (C=O) groups excluding carboxylic acids is 1. The fraction of sp³-hybridized carbons (Fsp3) is 0.909. The lowest BCUT2D eigenvalue weighted by molar-refractivity contribution is -0.133. The first-order valence-corrected chi connectivity index (χ1v) is 6.93. The number of nitrogens with two attached hydrogens (primary N) is 1. The molecule has 3 nitrogen and oxygen atoms in total. The minimum Gasteiger partial charge on any atom is -0.338 e. The molecule has 2 N–H and O–H groups in total. The number of amides is 1. The van der Waals surface area contributed by atoms with Crippen molar-refractivity contribution < 1.29 is 4.79 Å². The Balaban J connectivity index is 2.37. The van der Waals surface area contributed by atoms with E-state index in [2.05, 4.69) is 13.8 Å². The van der Waals surface area contributed by atoms with Crippen molar-refractivity contribution >= 4 is 17.7 Å². The minimum absolute atomic E-state index is 0.0456. The zero-order valence-electron chi connectivity index (χ0n) is 9.74. The van der Waals surface area contributed by atoms with Gasteiger partial charge < -0.3 is 10.6 Å². The number of thioether (sulfide) groups is 1. The van der Waals surface area contributed by atoms with Crippen molar-refractivity contribution in [2.24, 2.45) is 5.73 Å². The molecular weight excluding hydrogens is 208 g/mol. The van der Waals surface area contributed by atoms with Crippen LogP contribution < -0.4 is 5.73 Å². The van der Waals surface area contributed by atoms with Crippen molar-refractivity contribution in [1.29, 1.82) is 0 Å². The summed E-state index contributed by atoms with van der Waals surface area (Å²) in [5.74, 6) is 2.37. The van der Waals surface area contributed by atoms with Crippen LogP contribution in [-0.4, -0.2) is 40.9 Å². The van der Waals surface area contributed by atoms with Crippen molar-refractivity contribution in [2.45, 2.75) is 45.2 Å². The summed E-state index contributed by atoms with van der Waals surface area (Å²) in [5, 5.41) is 0. The molecule has 0 radical (unpaired) electrons. The Labute approximate surface area is 96.8 Å². The fourth-order valence-electron chi connectivity index (χ4n) is 1.91. The molecule has 1 amide bonds. The lowest BCUT2D eigenvalue weighted by Gasteiger charge is -2.33. The third-order valence-electron chi connectivity index (χ3n) is 2.78. The molecule has 1 fully saturated rings. The second kappa shape index (κ2) is 6.38. The molecule has 1 aliphatic rings. The van der Waals surface area contributed by atoms with Gasteiger partial charge in [-0.3, -0.25) is 4.79 Å². The summed E-state index contributed by atoms with van der Waals surface area (Å²) >= 11 is 1.93. The zero-order chi connectivity index (χ0) is 11.3. The van der Waals surface area contributed by atoms with Crippen LogP contribution in [0.3, 0.4) is 0 Å². The van der Waals surface area contributed by atoms with Crippen LogP contribution in [0.5, 0.6) is 0 Å². The molecule has 1 heterocycles. The largest absolute Gasteiger partial charge is 0.338 e. The van der Waals surface area contributed by atoms with E-state index in [4.69, 9.17) is 5.73 Å². The first-order valence-electron chi connectivity index (χ1n) is 5.78. The van der Waals surface area contributed by atoms with Crippen molar-refractivity contribution in [3.63, 3.8) is 0 Å². The Morgan fingerprint density at radius 2 is 2.40 bits per heavy atom. The van der Waals surface area contributed by atoms with Gasteiger partial charge in [-0.05, 0) is 13.3 Å². The highest BCUT2D eigenvalue weighted by Crippen LogP contribution is 2.17. The third kappa shape index (κ3) is 4.03. The quantitative estimate of drug-likeness (QED) is 0.795. The second-order valence-corrected chi connectivity index (χ2v) is 5.41. The molecule has 0 aromatic carbocycles. The van der Waals surface area contributed by atoms with Gasteiger partial charge in [0.05, 0.1) is 0 Å². The summed E-state index contributed by atoms with van der Waals surface area (Å²) in [7, 11) is 0. The lowest BCUT2D eigenvalue weighted by atomic mass is 10.1. The molecule has 15 heavy (non-hydrogen) atoms. The van der Waals surface area contributed by atoms with Gasteiger partial charge in [-0.15, -0.1) is 0 Å². The third-order valence-corrected chi connectivity index (χ3v) is 3.97. The highest BCUT2D eigenvalue weighted by atomic mass is 32.2. The molecule has 1 saturated heterocycles. The maximum Gasteiger partial charge on any atom is 0.224 e. The molecular formula is C11H22N2OS. The van der Waals surface area contributed by atoms with E-state index in [1.165, 1.54) is 0 Å². The summed E-state index contributed by atoms with van der Waals surface area (Å²) in [6, 6.07) is 0.425. The van der Waals surface area contributed by atoms with E-state index in [-0.39, 0.29) is 11.9 Å². The molecule has 4 heteroatoms. The van der Waals surface area contributed by atoms with Gasteiger partial charge in [-0.1, -0.05) is 13.3 Å². The van der Waals surface area contributed by atoms with Crippen LogP contribution in [0.25, 0.3) is 0 Å². The van der Waals surface area contributed by atoms with E-state index in [1.807, 2.05) is 16.7 Å². The molecule has 0 saturated carbocycles. The SMILES string of the molecule is CCCC(N)CC(=O)N1CCSCC1C. The number of hydrogen-bond acceptors (Lipinski definition) is 3. The van der Waals surface area contributed by atoms with Crippen LogP contribution in [0, 0.1) is 0 Å². The van der Waals surface area contributed by atoms with Crippen LogP contribution in [-0.2, 0) is 4.79 Å². The van der Waals surface area contributed by atoms with Crippen molar-refractivity contribution in [2.75, 3.05) is 18.1 Å². The Hall–Kier alpha value is -0.220.